The molecule has 7 heteroatoms. The number of nitrogens with one attached hydrogen (secondary N) is 1. The number of fused-ring (bicyclic) bond motifs is 1. The molecule has 0 unspecified atom stereocenters. The lowest BCUT2D eigenvalue weighted by molar-refractivity contribution is -0.384. The molecule has 124 valence electrons. The summed E-state index contributed by atoms with van der Waals surface area (Å²) in [6.07, 6.45) is 0. The zero-order chi connectivity index (χ0) is 17.1. The fraction of sp³-hybridized carbons (Fsp3) is 0.235. The van der Waals surface area contributed by atoms with E-state index in [4.69, 9.17) is 9.47 Å². The van der Waals surface area contributed by atoms with Gasteiger partial charge in [-0.2, -0.15) is 0 Å². The molecule has 2 aromatic carbocycles. The second kappa shape index (κ2) is 6.57. The lowest BCUT2D eigenvalue weighted by Gasteiger charge is -2.21. The maximum Gasteiger partial charge on any atom is 0.270 e. The summed E-state index contributed by atoms with van der Waals surface area (Å²) in [7, 11) is 0. The minimum atomic E-state index is -0.527. The molecule has 0 saturated heterocycles. The molecule has 1 atom stereocenters. The van der Waals surface area contributed by atoms with Crippen molar-refractivity contribution in [2.45, 2.75) is 13.0 Å². The van der Waals surface area contributed by atoms with Crippen molar-refractivity contribution in [1.29, 1.82) is 0 Å². The molecule has 0 radical (unpaired) electrons. The third-order valence-electron chi connectivity index (χ3n) is 3.73. The molecule has 3 rings (SSSR count). The number of hydrogen-bond acceptors (Lipinski definition) is 5. The van der Waals surface area contributed by atoms with Gasteiger partial charge in [-0.3, -0.25) is 14.9 Å². The monoisotopic (exact) mass is 328 g/mol. The van der Waals surface area contributed by atoms with Gasteiger partial charge in [0.1, 0.15) is 13.2 Å². The smallest absolute Gasteiger partial charge is 0.270 e. The molecule has 24 heavy (non-hydrogen) atoms. The summed E-state index contributed by atoms with van der Waals surface area (Å²) in [5, 5.41) is 13.6. The van der Waals surface area contributed by atoms with Crippen molar-refractivity contribution in [3.8, 4) is 11.5 Å². The first-order valence-electron chi connectivity index (χ1n) is 7.49. The summed E-state index contributed by atoms with van der Waals surface area (Å²) in [5.41, 5.74) is 0.987. The molecule has 0 aliphatic carbocycles. The average molecular weight is 328 g/mol. The van der Waals surface area contributed by atoms with Gasteiger partial charge in [0, 0.05) is 17.7 Å². The molecule has 1 aliphatic heterocycles. The fourth-order valence-electron chi connectivity index (χ4n) is 2.45. The maximum atomic E-state index is 12.3. The maximum absolute atomic E-state index is 12.3. The molecule has 0 spiro atoms. The van der Waals surface area contributed by atoms with E-state index in [0.29, 0.717) is 24.7 Å². The molecule has 0 bridgehead atoms. The van der Waals surface area contributed by atoms with Crippen LogP contribution in [0.2, 0.25) is 0 Å². The Kier molecular flexibility index (Phi) is 4.33. The summed E-state index contributed by atoms with van der Waals surface area (Å²) in [5.74, 6) is 0.957. The van der Waals surface area contributed by atoms with Crippen LogP contribution < -0.4 is 14.8 Å². The number of amides is 1. The van der Waals surface area contributed by atoms with Crippen LogP contribution in [0.4, 0.5) is 5.69 Å². The van der Waals surface area contributed by atoms with Gasteiger partial charge in [0.05, 0.1) is 11.0 Å². The number of benzene rings is 2. The Labute approximate surface area is 138 Å². The normalized spacial score (nSPS) is 13.9. The second-order valence-corrected chi connectivity index (χ2v) is 5.41. The Morgan fingerprint density at radius 3 is 2.67 bits per heavy atom. The van der Waals surface area contributed by atoms with E-state index in [1.807, 2.05) is 19.1 Å². The number of rotatable bonds is 4. The fourth-order valence-corrected chi connectivity index (χ4v) is 2.45. The highest BCUT2D eigenvalue weighted by molar-refractivity contribution is 5.95. The summed E-state index contributed by atoms with van der Waals surface area (Å²) in [6, 6.07) is 10.8. The van der Waals surface area contributed by atoms with Crippen LogP contribution in [0.3, 0.4) is 0 Å². The van der Waals surface area contributed by atoms with Crippen molar-refractivity contribution in [1.82, 2.24) is 5.32 Å². The highest BCUT2D eigenvalue weighted by Crippen LogP contribution is 2.32. The van der Waals surface area contributed by atoms with Gasteiger partial charge in [-0.05, 0) is 30.7 Å². The number of hydrogen-bond donors (Lipinski definition) is 1. The average Bonchev–Trinajstić information content (AvgIpc) is 2.61. The lowest BCUT2D eigenvalue weighted by atomic mass is 10.1. The second-order valence-electron chi connectivity index (χ2n) is 5.41. The standard InChI is InChI=1S/C17H16N2O5/c1-11(12-5-6-15-16(10-12)24-8-7-23-15)18-17(20)13-3-2-4-14(9-13)19(21)22/h2-6,9-11H,7-8H2,1H3,(H,18,20)/t11-/m1/s1. The summed E-state index contributed by atoms with van der Waals surface area (Å²) in [4.78, 5) is 22.6. The minimum Gasteiger partial charge on any atom is -0.486 e. The predicted molar refractivity (Wildman–Crippen MR) is 86.4 cm³/mol. The van der Waals surface area contributed by atoms with E-state index in [9.17, 15) is 14.9 Å². The zero-order valence-electron chi connectivity index (χ0n) is 13.0. The molecular weight excluding hydrogens is 312 g/mol. The van der Waals surface area contributed by atoms with Crippen molar-refractivity contribution in [2.75, 3.05) is 13.2 Å². The van der Waals surface area contributed by atoms with Crippen molar-refractivity contribution in [3.05, 3.63) is 63.7 Å². The van der Waals surface area contributed by atoms with Crippen LogP contribution in [-0.2, 0) is 0 Å². The Morgan fingerprint density at radius 2 is 1.92 bits per heavy atom. The molecule has 0 fully saturated rings. The highest BCUT2D eigenvalue weighted by atomic mass is 16.6. The zero-order valence-corrected chi connectivity index (χ0v) is 13.0. The van der Waals surface area contributed by atoms with Gasteiger partial charge in [-0.25, -0.2) is 0 Å². The third-order valence-corrected chi connectivity index (χ3v) is 3.73. The number of nitro groups is 1. The topological polar surface area (TPSA) is 90.7 Å². The van der Waals surface area contributed by atoms with E-state index < -0.39 is 4.92 Å². The van der Waals surface area contributed by atoms with Crippen LogP contribution in [0.15, 0.2) is 42.5 Å². The molecule has 1 N–H and O–H groups in total. The summed E-state index contributed by atoms with van der Waals surface area (Å²) < 4.78 is 11.0. The predicted octanol–water partition coefficient (Wildman–Crippen LogP) is 2.86. The Balaban J connectivity index is 1.74. The van der Waals surface area contributed by atoms with Gasteiger partial charge in [0.15, 0.2) is 11.5 Å². The van der Waals surface area contributed by atoms with Crippen molar-refractivity contribution in [2.24, 2.45) is 0 Å². The first-order valence-corrected chi connectivity index (χ1v) is 7.49. The van der Waals surface area contributed by atoms with Gasteiger partial charge in [0.25, 0.3) is 11.6 Å². The quantitative estimate of drug-likeness (QED) is 0.688. The molecule has 1 heterocycles. The van der Waals surface area contributed by atoms with Gasteiger partial charge >= 0.3 is 0 Å². The third kappa shape index (κ3) is 3.29. The van der Waals surface area contributed by atoms with Crippen molar-refractivity contribution >= 4 is 11.6 Å². The molecule has 0 saturated carbocycles. The molecule has 1 amide bonds. The van der Waals surface area contributed by atoms with Crippen LogP contribution in [0.1, 0.15) is 28.9 Å². The van der Waals surface area contributed by atoms with Crippen LogP contribution in [0.25, 0.3) is 0 Å². The van der Waals surface area contributed by atoms with Crippen LogP contribution in [0, 0.1) is 10.1 Å². The number of non-ortho nitro benzene ring substituents is 1. The van der Waals surface area contributed by atoms with Crippen LogP contribution in [0.5, 0.6) is 11.5 Å². The molecule has 7 nitrogen and oxygen atoms in total. The lowest BCUT2D eigenvalue weighted by Crippen LogP contribution is -2.27. The van der Waals surface area contributed by atoms with E-state index in [1.165, 1.54) is 18.2 Å². The molecule has 1 aliphatic rings. The Morgan fingerprint density at radius 1 is 1.17 bits per heavy atom. The van der Waals surface area contributed by atoms with E-state index in [1.54, 1.807) is 12.1 Å². The SMILES string of the molecule is C[C@@H](NC(=O)c1cccc([N+](=O)[O-])c1)c1ccc2c(c1)OCCO2. The summed E-state index contributed by atoms with van der Waals surface area (Å²) in [6.45, 7) is 2.84. The summed E-state index contributed by atoms with van der Waals surface area (Å²) >= 11 is 0. The number of nitro benzene ring substituents is 1. The largest absolute Gasteiger partial charge is 0.486 e. The van der Waals surface area contributed by atoms with Gasteiger partial charge < -0.3 is 14.8 Å². The minimum absolute atomic E-state index is 0.116. The molecular formula is C17H16N2O5. The van der Waals surface area contributed by atoms with E-state index in [2.05, 4.69) is 5.32 Å². The van der Waals surface area contributed by atoms with Crippen LogP contribution in [-0.4, -0.2) is 24.0 Å². The number of nitrogens with zero attached hydrogens (tertiary/aromatic N) is 1. The van der Waals surface area contributed by atoms with Crippen molar-refractivity contribution in [3.63, 3.8) is 0 Å². The first-order chi connectivity index (χ1) is 11.5. The van der Waals surface area contributed by atoms with E-state index in [-0.39, 0.29) is 23.2 Å². The van der Waals surface area contributed by atoms with Gasteiger partial charge in [0.2, 0.25) is 0 Å². The highest BCUT2D eigenvalue weighted by Gasteiger charge is 2.17. The molecule has 2 aromatic rings. The van der Waals surface area contributed by atoms with E-state index >= 15 is 0 Å². The number of carbonyl (C=O) groups excluding carboxylic acids is 1. The Bertz CT molecular complexity index is 790. The molecule has 0 aromatic heterocycles. The van der Waals surface area contributed by atoms with Crippen molar-refractivity contribution < 1.29 is 19.2 Å². The number of carbonyl (C=O) groups is 1. The first kappa shape index (κ1) is 15.8. The van der Waals surface area contributed by atoms with Gasteiger partial charge in [-0.15, -0.1) is 0 Å². The number of ether oxygens (including phenoxy) is 2. The van der Waals surface area contributed by atoms with E-state index in [0.717, 1.165) is 5.56 Å². The van der Waals surface area contributed by atoms with Gasteiger partial charge in [-0.1, -0.05) is 12.1 Å². The van der Waals surface area contributed by atoms with Crippen LogP contribution >= 0.6 is 0 Å². The Hall–Kier alpha value is -3.09.